The van der Waals surface area contributed by atoms with Crippen molar-refractivity contribution in [3.8, 4) is 0 Å². The van der Waals surface area contributed by atoms with Crippen LogP contribution >= 0.6 is 0 Å². The average Bonchev–Trinajstić information content (AvgIpc) is 2.28. The van der Waals surface area contributed by atoms with Gasteiger partial charge in [0.15, 0.2) is 0 Å². The van der Waals surface area contributed by atoms with Crippen molar-refractivity contribution in [1.82, 2.24) is 5.32 Å². The van der Waals surface area contributed by atoms with Gasteiger partial charge in [-0.2, -0.15) is 0 Å². The van der Waals surface area contributed by atoms with E-state index in [-0.39, 0.29) is 5.91 Å². The summed E-state index contributed by atoms with van der Waals surface area (Å²) < 4.78 is 0. The molecule has 14 heavy (non-hydrogen) atoms. The molecule has 1 atom stereocenters. The summed E-state index contributed by atoms with van der Waals surface area (Å²) in [5.74, 6) is 0.418. The quantitative estimate of drug-likeness (QED) is 0.609. The predicted molar refractivity (Wildman–Crippen MR) is 56.2 cm³/mol. The molecule has 1 aliphatic heterocycles. The first kappa shape index (κ1) is 9.06. The van der Waals surface area contributed by atoms with Crippen LogP contribution < -0.4 is 11.1 Å². The summed E-state index contributed by atoms with van der Waals surface area (Å²) in [7, 11) is 0. The zero-order valence-electron chi connectivity index (χ0n) is 8.21. The van der Waals surface area contributed by atoms with Gasteiger partial charge in [-0.3, -0.25) is 4.79 Å². The first-order valence-electron chi connectivity index (χ1n) is 4.86. The summed E-state index contributed by atoms with van der Waals surface area (Å²) in [5.41, 5.74) is 8.14. The number of benzene rings is 1. The first-order valence-corrected chi connectivity index (χ1v) is 4.86. The monoisotopic (exact) mass is 190 g/mol. The number of anilines is 1. The minimum Gasteiger partial charge on any atom is -0.399 e. The van der Waals surface area contributed by atoms with E-state index in [1.807, 2.05) is 12.1 Å². The van der Waals surface area contributed by atoms with Gasteiger partial charge in [-0.25, -0.2) is 0 Å². The van der Waals surface area contributed by atoms with E-state index in [1.165, 1.54) is 0 Å². The molecule has 1 amide bonds. The van der Waals surface area contributed by atoms with Crippen LogP contribution in [0.15, 0.2) is 18.2 Å². The number of hydrogen-bond donors (Lipinski definition) is 2. The van der Waals surface area contributed by atoms with E-state index >= 15 is 0 Å². The molecule has 0 aliphatic carbocycles. The van der Waals surface area contributed by atoms with E-state index in [1.54, 1.807) is 6.07 Å². The van der Waals surface area contributed by atoms with Crippen molar-refractivity contribution in [3.63, 3.8) is 0 Å². The number of amides is 1. The normalized spacial score (nSPS) is 20.9. The molecule has 0 fully saturated rings. The van der Waals surface area contributed by atoms with E-state index in [9.17, 15) is 4.79 Å². The van der Waals surface area contributed by atoms with Crippen LogP contribution in [0, 0.1) is 0 Å². The third-order valence-electron chi connectivity index (χ3n) is 2.72. The van der Waals surface area contributed by atoms with Gasteiger partial charge in [0.2, 0.25) is 0 Å². The van der Waals surface area contributed by atoms with Gasteiger partial charge < -0.3 is 11.1 Å². The Labute approximate surface area is 83.3 Å². The van der Waals surface area contributed by atoms with Gasteiger partial charge in [0.1, 0.15) is 0 Å². The molecule has 1 heterocycles. The van der Waals surface area contributed by atoms with Crippen LogP contribution in [0.5, 0.6) is 0 Å². The van der Waals surface area contributed by atoms with Crippen LogP contribution in [0.4, 0.5) is 5.69 Å². The molecule has 74 valence electrons. The number of rotatable bonds is 0. The summed E-state index contributed by atoms with van der Waals surface area (Å²) in [5, 5.41) is 2.86. The van der Waals surface area contributed by atoms with Gasteiger partial charge >= 0.3 is 0 Å². The van der Waals surface area contributed by atoms with Crippen LogP contribution in [0.2, 0.25) is 0 Å². The summed E-state index contributed by atoms with van der Waals surface area (Å²) in [6.45, 7) is 2.88. The van der Waals surface area contributed by atoms with E-state index in [0.29, 0.717) is 11.6 Å². The van der Waals surface area contributed by atoms with Gasteiger partial charge in [-0.05, 0) is 30.0 Å². The summed E-state index contributed by atoms with van der Waals surface area (Å²) >= 11 is 0. The molecule has 3 N–H and O–H groups in total. The molecule has 3 nitrogen and oxygen atoms in total. The second-order valence-electron chi connectivity index (χ2n) is 3.79. The Bertz CT molecular complexity index is 374. The Morgan fingerprint density at radius 3 is 3.07 bits per heavy atom. The van der Waals surface area contributed by atoms with Crippen LogP contribution in [0.3, 0.4) is 0 Å². The fourth-order valence-electron chi connectivity index (χ4n) is 1.85. The number of nitrogens with two attached hydrogens (primary N) is 1. The number of hydrogen-bond acceptors (Lipinski definition) is 2. The highest BCUT2D eigenvalue weighted by molar-refractivity contribution is 5.97. The van der Waals surface area contributed by atoms with Crippen molar-refractivity contribution in [2.75, 3.05) is 12.3 Å². The van der Waals surface area contributed by atoms with E-state index in [4.69, 9.17) is 5.73 Å². The lowest BCUT2D eigenvalue weighted by Crippen LogP contribution is -2.22. The molecule has 0 aromatic heterocycles. The molecule has 0 spiro atoms. The van der Waals surface area contributed by atoms with E-state index in [2.05, 4.69) is 12.2 Å². The molecule has 0 saturated carbocycles. The molecule has 2 rings (SSSR count). The van der Waals surface area contributed by atoms with E-state index < -0.39 is 0 Å². The molecule has 0 saturated heterocycles. The maximum absolute atomic E-state index is 11.6. The van der Waals surface area contributed by atoms with Crippen molar-refractivity contribution < 1.29 is 4.79 Å². The van der Waals surface area contributed by atoms with Crippen LogP contribution in [0.25, 0.3) is 0 Å². The maximum atomic E-state index is 11.6. The molecule has 3 heteroatoms. The zero-order chi connectivity index (χ0) is 10.1. The highest BCUT2D eigenvalue weighted by Gasteiger charge is 2.19. The molecular weight excluding hydrogens is 176 g/mol. The topological polar surface area (TPSA) is 55.1 Å². The molecule has 0 bridgehead atoms. The highest BCUT2D eigenvalue weighted by atomic mass is 16.1. The lowest BCUT2D eigenvalue weighted by Gasteiger charge is -2.10. The lowest BCUT2D eigenvalue weighted by atomic mass is 9.94. The Morgan fingerprint density at radius 2 is 2.29 bits per heavy atom. The van der Waals surface area contributed by atoms with Crippen molar-refractivity contribution in [2.24, 2.45) is 0 Å². The second kappa shape index (κ2) is 3.33. The Kier molecular flexibility index (Phi) is 2.15. The van der Waals surface area contributed by atoms with Gasteiger partial charge in [0.05, 0.1) is 0 Å². The molecule has 1 aliphatic rings. The third kappa shape index (κ3) is 1.45. The fraction of sp³-hybridized carbons (Fsp3) is 0.364. The van der Waals surface area contributed by atoms with Crippen molar-refractivity contribution in [3.05, 3.63) is 29.3 Å². The number of nitrogens with one attached hydrogen (secondary N) is 1. The summed E-state index contributed by atoms with van der Waals surface area (Å²) in [6.07, 6.45) is 0.989. The summed E-state index contributed by atoms with van der Waals surface area (Å²) in [6, 6.07) is 5.57. The SMILES string of the molecule is CC1CCNC(=O)c2cc(N)ccc21. The Balaban J connectivity index is 2.54. The smallest absolute Gasteiger partial charge is 0.251 e. The third-order valence-corrected chi connectivity index (χ3v) is 2.72. The molecule has 1 aromatic carbocycles. The van der Waals surface area contributed by atoms with E-state index in [0.717, 1.165) is 24.1 Å². The fourth-order valence-corrected chi connectivity index (χ4v) is 1.85. The minimum absolute atomic E-state index is 0.00310. The van der Waals surface area contributed by atoms with Crippen LogP contribution in [-0.2, 0) is 0 Å². The number of carbonyl (C=O) groups is 1. The van der Waals surface area contributed by atoms with Crippen molar-refractivity contribution in [2.45, 2.75) is 19.3 Å². The highest BCUT2D eigenvalue weighted by Crippen LogP contribution is 2.26. The molecule has 1 unspecified atom stereocenters. The minimum atomic E-state index is -0.00310. The standard InChI is InChI=1S/C11H14N2O/c1-7-4-5-13-11(14)10-6-8(12)2-3-9(7)10/h2-3,6-7H,4-5,12H2,1H3,(H,13,14). The first-order chi connectivity index (χ1) is 6.68. The summed E-state index contributed by atoms with van der Waals surface area (Å²) in [4.78, 5) is 11.6. The average molecular weight is 190 g/mol. The molecule has 1 aromatic rings. The van der Waals surface area contributed by atoms with Gasteiger partial charge in [0, 0.05) is 17.8 Å². The van der Waals surface area contributed by atoms with Gasteiger partial charge in [-0.15, -0.1) is 0 Å². The van der Waals surface area contributed by atoms with Crippen LogP contribution in [0.1, 0.15) is 35.2 Å². The second-order valence-corrected chi connectivity index (χ2v) is 3.79. The van der Waals surface area contributed by atoms with Gasteiger partial charge in [0.25, 0.3) is 5.91 Å². The zero-order valence-corrected chi connectivity index (χ0v) is 8.21. The maximum Gasteiger partial charge on any atom is 0.251 e. The van der Waals surface area contributed by atoms with Crippen LogP contribution in [-0.4, -0.2) is 12.5 Å². The Morgan fingerprint density at radius 1 is 1.50 bits per heavy atom. The predicted octanol–water partition coefficient (Wildman–Crippen LogP) is 1.51. The number of nitrogen functional groups attached to an aromatic ring is 1. The van der Waals surface area contributed by atoms with Crippen molar-refractivity contribution >= 4 is 11.6 Å². The molecular formula is C11H14N2O. The number of carbonyl (C=O) groups excluding carboxylic acids is 1. The Hall–Kier alpha value is -1.51. The lowest BCUT2D eigenvalue weighted by molar-refractivity contribution is 0.0956. The number of fused-ring (bicyclic) bond motifs is 1. The molecule has 0 radical (unpaired) electrons. The van der Waals surface area contributed by atoms with Crippen molar-refractivity contribution in [1.29, 1.82) is 0 Å². The van der Waals surface area contributed by atoms with Gasteiger partial charge in [-0.1, -0.05) is 13.0 Å². The largest absolute Gasteiger partial charge is 0.399 e.